The molecule has 0 bridgehead atoms. The predicted octanol–water partition coefficient (Wildman–Crippen LogP) is 21.9. The van der Waals surface area contributed by atoms with Gasteiger partial charge in [0, 0.05) is 121 Å². The molecule has 5 aromatic carbocycles. The minimum atomic E-state index is 0.820. The lowest BCUT2D eigenvalue weighted by Crippen LogP contribution is -2.07. The largest absolute Gasteiger partial charge is 0.461 e. The van der Waals surface area contributed by atoms with Crippen molar-refractivity contribution in [1.29, 1.82) is 0 Å². The maximum absolute atomic E-state index is 5.86. The number of aromatic nitrogens is 7. The fraction of sp³-hybridized carbons (Fsp3) is 0.267. The second-order valence-corrected chi connectivity index (χ2v) is 30.2. The molecule has 10 heteroatoms. The molecule has 478 valence electrons. The van der Waals surface area contributed by atoms with E-state index in [-0.39, 0.29) is 0 Å². The van der Waals surface area contributed by atoms with Gasteiger partial charge < -0.3 is 4.42 Å². The zero-order valence-electron chi connectivity index (χ0n) is 58.7. The van der Waals surface area contributed by atoms with Crippen molar-refractivity contribution in [2.24, 2.45) is 0 Å². The van der Waals surface area contributed by atoms with E-state index >= 15 is 0 Å². The number of furan rings is 1. The Morgan fingerprint density at radius 1 is 0.333 bits per heavy atom. The second kappa shape index (κ2) is 23.8. The number of rotatable bonds is 0. The first-order valence-electron chi connectivity index (χ1n) is 33.7. The summed E-state index contributed by atoms with van der Waals surface area (Å²) in [5, 5.41) is 6.97. The molecule has 8 nitrogen and oxygen atoms in total. The Bertz CT molecular complexity index is 5480. The molecule has 0 fully saturated rings. The SMILES string of the molecule is Cc1cc2c3c(ccc(C)c3c1)-c1ncc(C)c(C)c1C2.Cc1ccc2c(n1)Cc1nc(C)cnc1-2.Cc1cnc2c(c1C)Cc1c-2ccc2c(C)c(C)sc12.Cc1cnc2c(c1C)Cc1c-2ccc2oc(C)c(C)c12.Cc1cnc2c(c1C)Cc1c-2ccc2sc(C)c(C)c12. The lowest BCUT2D eigenvalue weighted by Gasteiger charge is -2.23. The molecule has 0 radical (unpaired) electrons. The molecular weight excluding hydrogens is 1210 g/mol. The van der Waals surface area contributed by atoms with Crippen molar-refractivity contribution in [3.63, 3.8) is 0 Å². The number of thiophene rings is 2. The average Bonchev–Trinajstić information content (AvgIpc) is 1.04. The Balaban J connectivity index is 0.0000000988. The monoisotopic (exact) mass is 1290 g/mol. The van der Waals surface area contributed by atoms with E-state index in [0.29, 0.717) is 0 Å². The molecule has 9 heterocycles. The normalized spacial score (nSPS) is 12.7. The first-order valence-corrected chi connectivity index (χ1v) is 35.3. The van der Waals surface area contributed by atoms with E-state index in [1.54, 1.807) is 0 Å². The van der Waals surface area contributed by atoms with Crippen molar-refractivity contribution in [3.05, 3.63) is 259 Å². The Morgan fingerprint density at radius 3 is 1.46 bits per heavy atom. The van der Waals surface area contributed by atoms with Crippen LogP contribution in [0.1, 0.15) is 155 Å². The van der Waals surface area contributed by atoms with Gasteiger partial charge in [-0.05, 0) is 288 Å². The van der Waals surface area contributed by atoms with Gasteiger partial charge in [-0.25, -0.2) is 0 Å². The van der Waals surface area contributed by atoms with Crippen LogP contribution in [0.4, 0.5) is 0 Å². The third-order valence-electron chi connectivity index (χ3n) is 21.9. The summed E-state index contributed by atoms with van der Waals surface area (Å²) in [5.41, 5.74) is 46.4. The van der Waals surface area contributed by atoms with Crippen LogP contribution < -0.4 is 0 Å². The van der Waals surface area contributed by atoms with Crippen LogP contribution in [0.3, 0.4) is 0 Å². The molecule has 9 aromatic heterocycles. The molecule has 0 saturated heterocycles. The number of hydrogen-bond acceptors (Lipinski definition) is 10. The zero-order chi connectivity index (χ0) is 67.2. The Labute approximate surface area is 572 Å². The maximum Gasteiger partial charge on any atom is 0.134 e. The van der Waals surface area contributed by atoms with E-state index in [9.17, 15) is 0 Å². The molecular formula is C86H81N7OS2. The highest BCUT2D eigenvalue weighted by Gasteiger charge is 2.30. The number of benzene rings is 5. The lowest BCUT2D eigenvalue weighted by molar-refractivity contribution is 0.575. The minimum Gasteiger partial charge on any atom is -0.461 e. The van der Waals surface area contributed by atoms with Gasteiger partial charge in [0.25, 0.3) is 0 Å². The molecule has 0 unspecified atom stereocenters. The molecule has 0 spiro atoms. The third-order valence-corrected chi connectivity index (χ3v) is 24.3. The molecule has 96 heavy (non-hydrogen) atoms. The molecule has 5 aliphatic rings. The third kappa shape index (κ3) is 10.2. The van der Waals surface area contributed by atoms with Gasteiger partial charge in [0.2, 0.25) is 0 Å². The standard InChI is InChI=1S/C20H19N.C18H17NO.2C18H17NS.C12H11N3/c1-11-7-15-9-18-14(4)13(3)10-21-20(18)16-6-5-12(2)17(8-11)19(15)16;2*1-9-8-19-18-13-5-6-16-17(11(3)12(4)20-16)15(13)7-14(18)10(9)2;1-9-8-19-17-14-6-5-13-11(3)12(4)20-18(13)16(14)7-15(17)10(9)2;1-7-3-4-9-10(14-7)5-11-12(9)13-6-8(2)15-11/h5-8,10H,9H2,1-4H3;3*5-6,8H,7H2,1-4H3;3-4,6H,5H2,1-2H3. The molecule has 5 aliphatic carbocycles. The molecule has 19 rings (SSSR count). The van der Waals surface area contributed by atoms with Crippen molar-refractivity contribution in [2.75, 3.05) is 0 Å². The van der Waals surface area contributed by atoms with Crippen LogP contribution in [-0.2, 0) is 32.1 Å². The summed E-state index contributed by atoms with van der Waals surface area (Å²) in [7, 11) is 0. The van der Waals surface area contributed by atoms with Crippen LogP contribution in [0.25, 0.3) is 98.2 Å². The van der Waals surface area contributed by atoms with Gasteiger partial charge in [-0.2, -0.15) is 0 Å². The van der Waals surface area contributed by atoms with Gasteiger partial charge in [0.15, 0.2) is 0 Å². The number of nitrogens with zero attached hydrogens (tertiary/aromatic N) is 7. The minimum absolute atomic E-state index is 0.820. The van der Waals surface area contributed by atoms with Crippen LogP contribution in [0.5, 0.6) is 0 Å². The summed E-state index contributed by atoms with van der Waals surface area (Å²) in [6, 6.07) is 26.6. The van der Waals surface area contributed by atoms with E-state index < -0.39 is 0 Å². The number of hydrogen-bond donors (Lipinski definition) is 0. The fourth-order valence-electron chi connectivity index (χ4n) is 15.5. The maximum atomic E-state index is 5.86. The molecule has 0 aliphatic heterocycles. The molecule has 0 atom stereocenters. The van der Waals surface area contributed by atoms with Gasteiger partial charge in [-0.3, -0.25) is 34.9 Å². The zero-order valence-corrected chi connectivity index (χ0v) is 60.3. The Hall–Kier alpha value is -9.35. The molecule has 0 amide bonds. The predicted molar refractivity (Wildman–Crippen MR) is 401 cm³/mol. The van der Waals surface area contributed by atoms with Gasteiger partial charge in [-0.15, -0.1) is 22.7 Å². The van der Waals surface area contributed by atoms with Gasteiger partial charge in [-0.1, -0.05) is 48.0 Å². The second-order valence-electron chi connectivity index (χ2n) is 27.7. The summed E-state index contributed by atoms with van der Waals surface area (Å²) in [5.74, 6) is 1.02. The Morgan fingerprint density at radius 2 is 0.833 bits per heavy atom. The van der Waals surface area contributed by atoms with Crippen LogP contribution in [0, 0.1) is 125 Å². The highest BCUT2D eigenvalue weighted by molar-refractivity contribution is 7.19. The highest BCUT2D eigenvalue weighted by Crippen LogP contribution is 2.48. The van der Waals surface area contributed by atoms with Crippen molar-refractivity contribution in [2.45, 2.75) is 157 Å². The highest BCUT2D eigenvalue weighted by atomic mass is 32.1. The number of aryl methyl sites for hydroxylation is 14. The van der Waals surface area contributed by atoms with E-state index in [4.69, 9.17) is 19.4 Å². The quantitative estimate of drug-likeness (QED) is 0.148. The van der Waals surface area contributed by atoms with Gasteiger partial charge in [0.05, 0.1) is 45.6 Å². The lowest BCUT2D eigenvalue weighted by atomic mass is 9.82. The molecule has 14 aromatic rings. The first-order chi connectivity index (χ1) is 46.0. The van der Waals surface area contributed by atoms with Gasteiger partial charge >= 0.3 is 0 Å². The van der Waals surface area contributed by atoms with Crippen LogP contribution in [0.15, 0.2) is 108 Å². The van der Waals surface area contributed by atoms with Crippen LogP contribution in [0.2, 0.25) is 0 Å². The summed E-state index contributed by atoms with van der Waals surface area (Å²) >= 11 is 3.85. The van der Waals surface area contributed by atoms with Crippen molar-refractivity contribution >= 4 is 64.6 Å². The van der Waals surface area contributed by atoms with E-state index in [1.807, 2.05) is 80.5 Å². The average molecular weight is 1290 g/mol. The summed E-state index contributed by atoms with van der Waals surface area (Å²) in [6.45, 7) is 39.0. The topological polar surface area (TPSA) is 103 Å². The summed E-state index contributed by atoms with van der Waals surface area (Å²) in [4.78, 5) is 35.2. The van der Waals surface area contributed by atoms with Gasteiger partial charge in [0.1, 0.15) is 11.3 Å². The molecule has 0 saturated carbocycles. The summed E-state index contributed by atoms with van der Waals surface area (Å²) < 4.78 is 8.74. The van der Waals surface area contributed by atoms with Crippen molar-refractivity contribution < 1.29 is 4.42 Å². The van der Waals surface area contributed by atoms with E-state index in [2.05, 4.69) is 191 Å². The van der Waals surface area contributed by atoms with E-state index in [1.165, 1.54) is 202 Å². The molecule has 0 N–H and O–H groups in total. The van der Waals surface area contributed by atoms with E-state index in [0.717, 1.165) is 83.2 Å². The van der Waals surface area contributed by atoms with Crippen molar-refractivity contribution in [1.82, 2.24) is 34.9 Å². The van der Waals surface area contributed by atoms with Crippen molar-refractivity contribution in [3.8, 4) is 56.3 Å². The van der Waals surface area contributed by atoms with Crippen LogP contribution >= 0.6 is 22.7 Å². The summed E-state index contributed by atoms with van der Waals surface area (Å²) in [6.07, 6.45) is 14.7. The fourth-order valence-corrected chi connectivity index (χ4v) is 17.8. The van der Waals surface area contributed by atoms with Crippen LogP contribution in [-0.4, -0.2) is 34.9 Å². The smallest absolute Gasteiger partial charge is 0.134 e. The number of fused-ring (bicyclic) bond motifs is 20. The first kappa shape index (κ1) is 62.7. The Kier molecular flexibility index (Phi) is 15.5. The number of pyridine rings is 5.